The van der Waals surface area contributed by atoms with Gasteiger partial charge in [-0.15, -0.1) is 0 Å². The first kappa shape index (κ1) is 21.6. The minimum Gasteiger partial charge on any atom is -0.503 e. The molecule has 3 aliphatic rings. The summed E-state index contributed by atoms with van der Waals surface area (Å²) in [5, 5.41) is 14.2. The van der Waals surface area contributed by atoms with Gasteiger partial charge in [0.2, 0.25) is 5.78 Å². The number of ketones is 1. The average molecular weight is 453 g/mol. The zero-order valence-electron chi connectivity index (χ0n) is 18.2. The van der Waals surface area contributed by atoms with E-state index in [9.17, 15) is 23.5 Å². The number of allylic oxidation sites excluding steroid dienone is 1. The molecule has 1 N–H and O–H groups in total. The minimum absolute atomic E-state index is 0.0752. The van der Waals surface area contributed by atoms with Crippen molar-refractivity contribution in [1.29, 1.82) is 0 Å². The molecule has 5 rings (SSSR count). The summed E-state index contributed by atoms with van der Waals surface area (Å²) in [6.07, 6.45) is -1.07. The van der Waals surface area contributed by atoms with Gasteiger partial charge in [0.15, 0.2) is 11.5 Å². The van der Waals surface area contributed by atoms with Crippen LogP contribution in [0.3, 0.4) is 0 Å². The van der Waals surface area contributed by atoms with E-state index < -0.39 is 36.3 Å². The van der Waals surface area contributed by atoms with Crippen molar-refractivity contribution in [3.05, 3.63) is 82.2 Å². The quantitative estimate of drug-likeness (QED) is 0.772. The maximum absolute atomic E-state index is 13.4. The highest BCUT2D eigenvalue weighted by atomic mass is 19.3. The molecule has 1 saturated heterocycles. The number of halogens is 2. The number of aliphatic hydroxyl groups is 1. The van der Waals surface area contributed by atoms with E-state index in [1.807, 2.05) is 41.4 Å². The molecule has 0 aromatic heterocycles. The van der Waals surface area contributed by atoms with Gasteiger partial charge in [-0.25, -0.2) is 8.78 Å². The fourth-order valence-corrected chi connectivity index (χ4v) is 5.16. The second-order valence-electron chi connectivity index (χ2n) is 8.84. The molecular formula is C25H25F2N3O3. The number of hydrogen-bond acceptors (Lipinski definition) is 5. The minimum atomic E-state index is -2.74. The zero-order valence-corrected chi connectivity index (χ0v) is 18.2. The van der Waals surface area contributed by atoms with Crippen molar-refractivity contribution in [3.63, 3.8) is 0 Å². The number of alkyl halides is 2. The number of hydrazine groups is 1. The van der Waals surface area contributed by atoms with Crippen LogP contribution in [0.2, 0.25) is 0 Å². The number of aliphatic hydroxyl groups excluding tert-OH is 1. The van der Waals surface area contributed by atoms with Crippen molar-refractivity contribution >= 4 is 11.7 Å². The van der Waals surface area contributed by atoms with E-state index in [1.165, 1.54) is 0 Å². The lowest BCUT2D eigenvalue weighted by Crippen LogP contribution is -2.62. The van der Waals surface area contributed by atoms with Gasteiger partial charge in [0.05, 0.1) is 19.3 Å². The number of carbonyl (C=O) groups excluding carboxylic acids is 2. The molecule has 0 saturated carbocycles. The standard InChI is InChI=1S/C25H25F2N3O3/c1-15-12-29-22(24(32)23(15)31)25(33)28(13-20(26)27)14-30(29)21-18-8-4-2-6-16(18)10-11-17-7-3-5-9-19(17)21/h2-9,15,20-21,32H,10-14H2,1H3. The molecule has 172 valence electrons. The van der Waals surface area contributed by atoms with Crippen LogP contribution in [-0.4, -0.2) is 57.9 Å². The number of nitrogens with zero attached hydrogens (tertiary/aromatic N) is 3. The lowest BCUT2D eigenvalue weighted by molar-refractivity contribution is -0.164. The largest absolute Gasteiger partial charge is 0.503 e. The summed E-state index contributed by atoms with van der Waals surface area (Å²) in [4.78, 5) is 26.6. The Morgan fingerprint density at radius 1 is 1.00 bits per heavy atom. The summed E-state index contributed by atoms with van der Waals surface area (Å²) in [5.41, 5.74) is 4.12. The number of rotatable bonds is 3. The highest BCUT2D eigenvalue weighted by molar-refractivity contribution is 6.05. The summed E-state index contributed by atoms with van der Waals surface area (Å²) >= 11 is 0. The topological polar surface area (TPSA) is 64.1 Å². The van der Waals surface area contributed by atoms with E-state index >= 15 is 0 Å². The van der Waals surface area contributed by atoms with Crippen LogP contribution >= 0.6 is 0 Å². The van der Waals surface area contributed by atoms with Crippen LogP contribution < -0.4 is 0 Å². The predicted molar refractivity (Wildman–Crippen MR) is 117 cm³/mol. The van der Waals surface area contributed by atoms with Gasteiger partial charge in [-0.1, -0.05) is 55.5 Å². The molecule has 0 bridgehead atoms. The molecule has 2 aliphatic heterocycles. The number of benzene rings is 2. The van der Waals surface area contributed by atoms with E-state index in [2.05, 4.69) is 12.1 Å². The third-order valence-corrected chi connectivity index (χ3v) is 6.75. The van der Waals surface area contributed by atoms with Crippen LogP contribution in [0.15, 0.2) is 60.0 Å². The van der Waals surface area contributed by atoms with Crippen molar-refractivity contribution < 1.29 is 23.5 Å². The van der Waals surface area contributed by atoms with Gasteiger partial charge in [0.1, 0.15) is 0 Å². The number of amides is 1. The molecule has 2 aromatic carbocycles. The highest BCUT2D eigenvalue weighted by Crippen LogP contribution is 2.41. The number of Topliss-reactive ketones (excluding diaryl/α,β-unsaturated/α-hetero) is 1. The summed E-state index contributed by atoms with van der Waals surface area (Å²) in [6, 6.07) is 15.7. The molecule has 1 amide bonds. The van der Waals surface area contributed by atoms with Crippen molar-refractivity contribution in [1.82, 2.24) is 14.9 Å². The Morgan fingerprint density at radius 2 is 1.58 bits per heavy atom. The molecule has 0 radical (unpaired) electrons. The Hall–Kier alpha value is -3.26. The summed E-state index contributed by atoms with van der Waals surface area (Å²) in [7, 11) is 0. The van der Waals surface area contributed by atoms with Crippen LogP contribution in [0.25, 0.3) is 0 Å². The molecule has 2 heterocycles. The Bertz CT molecular complexity index is 1100. The lowest BCUT2D eigenvalue weighted by Gasteiger charge is -2.51. The van der Waals surface area contributed by atoms with Gasteiger partial charge in [-0.05, 0) is 35.1 Å². The van der Waals surface area contributed by atoms with Gasteiger partial charge in [0, 0.05) is 12.5 Å². The second kappa shape index (κ2) is 8.26. The first-order chi connectivity index (χ1) is 15.9. The molecule has 6 nitrogen and oxygen atoms in total. The van der Waals surface area contributed by atoms with E-state index in [1.54, 1.807) is 11.9 Å². The molecule has 1 aliphatic carbocycles. The monoisotopic (exact) mass is 453 g/mol. The summed E-state index contributed by atoms with van der Waals surface area (Å²) in [6.45, 7) is 1.03. The maximum atomic E-state index is 13.4. The van der Waals surface area contributed by atoms with Gasteiger partial charge in [0.25, 0.3) is 12.3 Å². The molecule has 0 spiro atoms. The van der Waals surface area contributed by atoms with Crippen LogP contribution in [0.1, 0.15) is 35.2 Å². The van der Waals surface area contributed by atoms with Gasteiger partial charge < -0.3 is 10.0 Å². The van der Waals surface area contributed by atoms with Crippen molar-refractivity contribution in [2.75, 3.05) is 19.8 Å². The van der Waals surface area contributed by atoms with Crippen molar-refractivity contribution in [2.45, 2.75) is 32.2 Å². The van der Waals surface area contributed by atoms with Gasteiger partial charge >= 0.3 is 0 Å². The molecule has 8 heteroatoms. The zero-order chi connectivity index (χ0) is 23.3. The molecule has 1 atom stereocenters. The molecule has 33 heavy (non-hydrogen) atoms. The number of hydrogen-bond donors (Lipinski definition) is 1. The van der Waals surface area contributed by atoms with E-state index in [0.717, 1.165) is 40.0 Å². The predicted octanol–water partition coefficient (Wildman–Crippen LogP) is 3.45. The Morgan fingerprint density at radius 3 is 2.15 bits per heavy atom. The second-order valence-corrected chi connectivity index (χ2v) is 8.84. The molecular weight excluding hydrogens is 428 g/mol. The Labute approximate surface area is 190 Å². The fraction of sp³-hybridized carbons (Fsp3) is 0.360. The van der Waals surface area contributed by atoms with Crippen LogP contribution in [0.5, 0.6) is 0 Å². The first-order valence-electron chi connectivity index (χ1n) is 11.1. The van der Waals surface area contributed by atoms with Crippen molar-refractivity contribution in [2.24, 2.45) is 5.92 Å². The smallest absolute Gasteiger partial charge is 0.276 e. The van der Waals surface area contributed by atoms with Crippen LogP contribution in [0, 0.1) is 5.92 Å². The van der Waals surface area contributed by atoms with Gasteiger partial charge in [-0.2, -0.15) is 5.01 Å². The SMILES string of the molecule is CC1CN2C(=C(O)C1=O)C(=O)N(CC(F)F)CN2C1c2ccccc2CCc2ccccc21. The van der Waals surface area contributed by atoms with Crippen LogP contribution in [-0.2, 0) is 22.4 Å². The Balaban J connectivity index is 1.71. The summed E-state index contributed by atoms with van der Waals surface area (Å²) in [5.74, 6) is -2.49. The van der Waals surface area contributed by atoms with Crippen LogP contribution in [0.4, 0.5) is 8.78 Å². The van der Waals surface area contributed by atoms with E-state index in [4.69, 9.17) is 0 Å². The highest BCUT2D eigenvalue weighted by Gasteiger charge is 2.47. The molecule has 2 aromatic rings. The fourth-order valence-electron chi connectivity index (χ4n) is 5.16. The maximum Gasteiger partial charge on any atom is 0.276 e. The first-order valence-corrected chi connectivity index (χ1v) is 11.1. The third-order valence-electron chi connectivity index (χ3n) is 6.75. The number of aryl methyl sites for hydroxylation is 2. The van der Waals surface area contributed by atoms with Crippen molar-refractivity contribution in [3.8, 4) is 0 Å². The summed E-state index contributed by atoms with van der Waals surface area (Å²) < 4.78 is 26.8. The lowest BCUT2D eigenvalue weighted by atomic mass is 9.92. The van der Waals surface area contributed by atoms with Gasteiger partial charge in [-0.3, -0.25) is 14.6 Å². The van der Waals surface area contributed by atoms with E-state index in [0.29, 0.717) is 0 Å². The third kappa shape index (κ3) is 3.58. The number of carbonyl (C=O) groups is 2. The molecule has 1 fully saturated rings. The molecule has 1 unspecified atom stereocenters. The number of fused-ring (bicyclic) bond motifs is 3. The van der Waals surface area contributed by atoms with E-state index in [-0.39, 0.29) is 25.0 Å². The normalized spacial score (nSPS) is 21.8. The average Bonchev–Trinajstić information content (AvgIpc) is 2.96. The Kier molecular flexibility index (Phi) is 5.40.